The molecule has 1 amide bonds. The van der Waals surface area contributed by atoms with Crippen molar-refractivity contribution in [1.29, 1.82) is 0 Å². The van der Waals surface area contributed by atoms with Crippen molar-refractivity contribution in [3.63, 3.8) is 0 Å². The molecule has 0 saturated heterocycles. The van der Waals surface area contributed by atoms with E-state index in [1.54, 1.807) is 11.8 Å². The standard InChI is InChI=1S/C22H23N3OS/c1-4-16-7-9-17(10-8-16)21-20-15(3)24-25(18-11-5-14(2)6-12-18)22(20)23-19(26)13-27-21/h5-12,21H,4,13H2,1-3H3,(H,23,26)/t21-/m1/s1. The average molecular weight is 378 g/mol. The molecule has 138 valence electrons. The number of benzene rings is 2. The normalized spacial score (nSPS) is 16.6. The van der Waals surface area contributed by atoms with Crippen LogP contribution in [0, 0.1) is 13.8 Å². The summed E-state index contributed by atoms with van der Waals surface area (Å²) in [5.74, 6) is 1.24. The first-order valence-electron chi connectivity index (χ1n) is 9.23. The first-order valence-corrected chi connectivity index (χ1v) is 10.3. The van der Waals surface area contributed by atoms with Gasteiger partial charge in [-0.2, -0.15) is 5.10 Å². The number of fused-ring (bicyclic) bond motifs is 1. The summed E-state index contributed by atoms with van der Waals surface area (Å²) >= 11 is 1.66. The highest BCUT2D eigenvalue weighted by atomic mass is 32.2. The number of hydrogen-bond donors (Lipinski definition) is 1. The first kappa shape index (κ1) is 17.9. The van der Waals surface area contributed by atoms with Crippen molar-refractivity contribution in [3.8, 4) is 5.69 Å². The SMILES string of the molecule is CCc1ccc([C@H]2SCC(=O)Nc3c2c(C)nn3-c2ccc(C)cc2)cc1. The minimum absolute atomic E-state index is 0.0159. The van der Waals surface area contributed by atoms with Gasteiger partial charge < -0.3 is 5.32 Å². The zero-order valence-corrected chi connectivity index (χ0v) is 16.6. The average Bonchev–Trinajstić information content (AvgIpc) is 2.88. The van der Waals surface area contributed by atoms with Crippen LogP contribution in [0.2, 0.25) is 0 Å². The van der Waals surface area contributed by atoms with Crippen molar-refractivity contribution < 1.29 is 4.79 Å². The number of rotatable bonds is 3. The first-order chi connectivity index (χ1) is 13.1. The Kier molecular flexibility index (Phi) is 4.79. The second-order valence-electron chi connectivity index (χ2n) is 6.93. The number of anilines is 1. The van der Waals surface area contributed by atoms with Gasteiger partial charge in [-0.1, -0.05) is 48.9 Å². The highest BCUT2D eigenvalue weighted by Crippen LogP contribution is 2.43. The van der Waals surface area contributed by atoms with Crippen LogP contribution in [0.5, 0.6) is 0 Å². The number of amides is 1. The molecule has 0 saturated carbocycles. The topological polar surface area (TPSA) is 46.9 Å². The summed E-state index contributed by atoms with van der Waals surface area (Å²) in [5.41, 5.74) is 6.72. The van der Waals surface area contributed by atoms with Gasteiger partial charge in [0.05, 0.1) is 22.4 Å². The molecular weight excluding hydrogens is 354 g/mol. The van der Waals surface area contributed by atoms with Gasteiger partial charge in [0.15, 0.2) is 0 Å². The summed E-state index contributed by atoms with van der Waals surface area (Å²) in [4.78, 5) is 12.4. The van der Waals surface area contributed by atoms with Gasteiger partial charge in [-0.25, -0.2) is 4.68 Å². The van der Waals surface area contributed by atoms with Crippen LogP contribution in [0.4, 0.5) is 5.82 Å². The molecule has 0 bridgehead atoms. The van der Waals surface area contributed by atoms with Crippen molar-refractivity contribution in [1.82, 2.24) is 9.78 Å². The fourth-order valence-electron chi connectivity index (χ4n) is 3.45. The molecule has 1 aliphatic heterocycles. The second-order valence-corrected chi connectivity index (χ2v) is 8.02. The van der Waals surface area contributed by atoms with E-state index in [0.29, 0.717) is 5.75 Å². The third-order valence-corrected chi connectivity index (χ3v) is 6.25. The highest BCUT2D eigenvalue weighted by molar-refractivity contribution is 8.00. The lowest BCUT2D eigenvalue weighted by molar-refractivity contribution is -0.113. The van der Waals surface area contributed by atoms with E-state index in [1.807, 2.05) is 23.7 Å². The number of nitrogens with zero attached hydrogens (tertiary/aromatic N) is 2. The Morgan fingerprint density at radius 1 is 1.11 bits per heavy atom. The molecule has 1 N–H and O–H groups in total. The van der Waals surface area contributed by atoms with Gasteiger partial charge in [-0.05, 0) is 43.5 Å². The predicted molar refractivity (Wildman–Crippen MR) is 112 cm³/mol. The molecule has 0 radical (unpaired) electrons. The number of hydrogen-bond acceptors (Lipinski definition) is 3. The highest BCUT2D eigenvalue weighted by Gasteiger charge is 2.30. The lowest BCUT2D eigenvalue weighted by atomic mass is 10.0. The predicted octanol–water partition coefficient (Wildman–Crippen LogP) is 4.83. The van der Waals surface area contributed by atoms with Crippen LogP contribution in [0.1, 0.15) is 40.1 Å². The summed E-state index contributed by atoms with van der Waals surface area (Å²) in [6.45, 7) is 6.24. The minimum atomic E-state index is 0.0159. The van der Waals surface area contributed by atoms with Crippen LogP contribution in [-0.2, 0) is 11.2 Å². The van der Waals surface area contributed by atoms with Crippen LogP contribution in [0.3, 0.4) is 0 Å². The van der Waals surface area contributed by atoms with Gasteiger partial charge in [0, 0.05) is 5.56 Å². The lowest BCUT2D eigenvalue weighted by Gasteiger charge is -2.16. The Bertz CT molecular complexity index is 974. The Morgan fingerprint density at radius 2 is 1.81 bits per heavy atom. The summed E-state index contributed by atoms with van der Waals surface area (Å²) in [5, 5.41) is 7.94. The number of nitrogens with one attached hydrogen (secondary N) is 1. The number of aryl methyl sites for hydroxylation is 3. The summed E-state index contributed by atoms with van der Waals surface area (Å²) < 4.78 is 1.86. The molecule has 2 heterocycles. The number of aromatic nitrogens is 2. The van der Waals surface area contributed by atoms with Gasteiger partial charge in [0.1, 0.15) is 5.82 Å². The fraction of sp³-hybridized carbons (Fsp3) is 0.273. The Morgan fingerprint density at radius 3 is 2.48 bits per heavy atom. The summed E-state index contributed by atoms with van der Waals surface area (Å²) in [7, 11) is 0. The van der Waals surface area contributed by atoms with Crippen molar-refractivity contribution in [2.75, 3.05) is 11.1 Å². The van der Waals surface area contributed by atoms with Gasteiger partial charge in [0.2, 0.25) is 5.91 Å². The molecule has 3 aromatic rings. The third kappa shape index (κ3) is 3.39. The molecule has 27 heavy (non-hydrogen) atoms. The monoisotopic (exact) mass is 377 g/mol. The van der Waals surface area contributed by atoms with E-state index >= 15 is 0 Å². The molecule has 0 unspecified atom stereocenters. The largest absolute Gasteiger partial charge is 0.310 e. The Labute approximate surface area is 164 Å². The number of carbonyl (C=O) groups excluding carboxylic acids is 1. The maximum atomic E-state index is 12.4. The maximum absolute atomic E-state index is 12.4. The molecular formula is C22H23N3OS. The van der Waals surface area contributed by atoms with Gasteiger partial charge in [-0.15, -0.1) is 11.8 Å². The molecule has 1 aliphatic rings. The van der Waals surface area contributed by atoms with Gasteiger partial charge >= 0.3 is 0 Å². The molecule has 1 aromatic heterocycles. The van der Waals surface area contributed by atoms with Crippen LogP contribution in [0.15, 0.2) is 48.5 Å². The van der Waals surface area contributed by atoms with Crippen LogP contribution < -0.4 is 5.32 Å². The number of thioether (sulfide) groups is 1. The van der Waals surface area contributed by atoms with E-state index in [1.165, 1.54) is 16.7 Å². The van der Waals surface area contributed by atoms with Crippen molar-refractivity contribution in [3.05, 3.63) is 76.5 Å². The van der Waals surface area contributed by atoms with Gasteiger partial charge in [-0.3, -0.25) is 4.79 Å². The van der Waals surface area contributed by atoms with E-state index in [9.17, 15) is 4.79 Å². The maximum Gasteiger partial charge on any atom is 0.235 e. The molecule has 0 spiro atoms. The van der Waals surface area contributed by atoms with Crippen LogP contribution in [0.25, 0.3) is 5.69 Å². The van der Waals surface area contributed by atoms with Crippen molar-refractivity contribution >= 4 is 23.5 Å². The second kappa shape index (κ2) is 7.24. The fourth-order valence-corrected chi connectivity index (χ4v) is 4.64. The lowest BCUT2D eigenvalue weighted by Crippen LogP contribution is -2.15. The zero-order chi connectivity index (χ0) is 19.0. The Hall–Kier alpha value is -2.53. The number of carbonyl (C=O) groups is 1. The summed E-state index contributed by atoms with van der Waals surface area (Å²) in [6.07, 6.45) is 1.02. The van der Waals surface area contributed by atoms with Crippen molar-refractivity contribution in [2.24, 2.45) is 0 Å². The molecule has 4 nitrogen and oxygen atoms in total. The van der Waals surface area contributed by atoms with Crippen molar-refractivity contribution in [2.45, 2.75) is 32.4 Å². The molecule has 2 aromatic carbocycles. The van der Waals surface area contributed by atoms with Gasteiger partial charge in [0.25, 0.3) is 0 Å². The quantitative estimate of drug-likeness (QED) is 0.711. The van der Waals surface area contributed by atoms with Crippen LogP contribution in [-0.4, -0.2) is 21.4 Å². The van der Waals surface area contributed by atoms with E-state index < -0.39 is 0 Å². The minimum Gasteiger partial charge on any atom is -0.310 e. The third-order valence-electron chi connectivity index (χ3n) is 4.98. The van der Waals surface area contributed by atoms with E-state index in [0.717, 1.165) is 29.2 Å². The Balaban J connectivity index is 1.84. The zero-order valence-electron chi connectivity index (χ0n) is 15.8. The molecule has 0 aliphatic carbocycles. The molecule has 4 rings (SSSR count). The molecule has 5 heteroatoms. The van der Waals surface area contributed by atoms with E-state index in [4.69, 9.17) is 5.10 Å². The van der Waals surface area contributed by atoms with Crippen LogP contribution >= 0.6 is 11.8 Å². The summed E-state index contributed by atoms with van der Waals surface area (Å²) in [6, 6.07) is 16.9. The van der Waals surface area contributed by atoms with E-state index in [2.05, 4.69) is 55.6 Å². The molecule has 1 atom stereocenters. The smallest absolute Gasteiger partial charge is 0.235 e. The van der Waals surface area contributed by atoms with E-state index in [-0.39, 0.29) is 11.2 Å². The molecule has 0 fully saturated rings.